The van der Waals surface area contributed by atoms with Crippen molar-refractivity contribution in [3.05, 3.63) is 54.6 Å². The van der Waals surface area contributed by atoms with Crippen LogP contribution in [0.3, 0.4) is 0 Å². The molecule has 2 amide bonds. The number of primary amides is 1. The van der Waals surface area contributed by atoms with Crippen LogP contribution in [0.4, 0.5) is 21.9 Å². The summed E-state index contributed by atoms with van der Waals surface area (Å²) in [6.07, 6.45) is 1.01. The molecule has 0 unspecified atom stereocenters. The third-order valence-corrected chi connectivity index (χ3v) is 3.51. The first kappa shape index (κ1) is 16.8. The molecule has 23 heavy (non-hydrogen) atoms. The lowest BCUT2D eigenvalue weighted by Crippen LogP contribution is -2.25. The van der Waals surface area contributed by atoms with Crippen molar-refractivity contribution in [2.24, 2.45) is 5.73 Å². The number of urea groups is 1. The molecule has 0 radical (unpaired) electrons. The van der Waals surface area contributed by atoms with Crippen LogP contribution in [0.1, 0.15) is 6.42 Å². The summed E-state index contributed by atoms with van der Waals surface area (Å²) in [4.78, 5) is 15.6. The molecule has 0 heterocycles. The monoisotopic (exact) mass is 312 g/mol. The van der Waals surface area contributed by atoms with Crippen LogP contribution in [0.25, 0.3) is 0 Å². The maximum Gasteiger partial charge on any atom is 0.316 e. The van der Waals surface area contributed by atoms with E-state index in [2.05, 4.69) is 41.3 Å². The quantitative estimate of drug-likeness (QED) is 0.825. The van der Waals surface area contributed by atoms with E-state index in [1.165, 1.54) is 0 Å². The Balaban J connectivity index is 2.31. The highest BCUT2D eigenvalue weighted by molar-refractivity contribution is 5.93. The summed E-state index contributed by atoms with van der Waals surface area (Å²) in [5, 5.41) is 2.71. The number of benzene rings is 2. The molecule has 0 saturated carbocycles. The van der Waals surface area contributed by atoms with Crippen molar-refractivity contribution in [2.45, 2.75) is 6.42 Å². The summed E-state index contributed by atoms with van der Waals surface area (Å²) in [5.41, 5.74) is 8.04. The van der Waals surface area contributed by atoms with E-state index in [0.29, 0.717) is 5.69 Å². The number of carbonyl (C=O) groups is 1. The molecule has 0 aliphatic carbocycles. The van der Waals surface area contributed by atoms with Gasteiger partial charge in [-0.1, -0.05) is 30.3 Å². The normalized spacial score (nSPS) is 10.6. The van der Waals surface area contributed by atoms with Gasteiger partial charge < -0.3 is 20.9 Å². The summed E-state index contributed by atoms with van der Waals surface area (Å²) < 4.78 is 0. The average molecular weight is 312 g/mol. The number of rotatable bonds is 7. The van der Waals surface area contributed by atoms with E-state index < -0.39 is 6.03 Å². The van der Waals surface area contributed by atoms with Crippen molar-refractivity contribution in [3.8, 4) is 0 Å². The van der Waals surface area contributed by atoms with E-state index in [4.69, 9.17) is 5.73 Å². The van der Waals surface area contributed by atoms with E-state index in [0.717, 1.165) is 30.9 Å². The lowest BCUT2D eigenvalue weighted by molar-refractivity contribution is 0.259. The first-order chi connectivity index (χ1) is 11.1. The van der Waals surface area contributed by atoms with Crippen LogP contribution in [0.2, 0.25) is 0 Å². The molecule has 3 N–H and O–H groups in total. The van der Waals surface area contributed by atoms with Gasteiger partial charge in [0.2, 0.25) is 0 Å². The van der Waals surface area contributed by atoms with Crippen LogP contribution >= 0.6 is 0 Å². The number of nitrogens with two attached hydrogens (primary N) is 1. The fourth-order valence-electron chi connectivity index (χ4n) is 2.49. The van der Waals surface area contributed by atoms with Crippen LogP contribution in [-0.4, -0.2) is 38.1 Å². The maximum atomic E-state index is 11.3. The number of hydrogen-bond acceptors (Lipinski definition) is 3. The topological polar surface area (TPSA) is 61.6 Å². The molecule has 0 aliphatic heterocycles. The van der Waals surface area contributed by atoms with Gasteiger partial charge in [-0.05, 0) is 51.3 Å². The zero-order valence-electron chi connectivity index (χ0n) is 13.7. The fourth-order valence-corrected chi connectivity index (χ4v) is 2.49. The molecule has 5 heteroatoms. The van der Waals surface area contributed by atoms with Crippen LogP contribution in [-0.2, 0) is 0 Å². The van der Waals surface area contributed by atoms with E-state index in [1.807, 2.05) is 42.5 Å². The van der Waals surface area contributed by atoms with Crippen LogP contribution < -0.4 is 16.0 Å². The summed E-state index contributed by atoms with van der Waals surface area (Å²) in [6, 6.07) is 17.3. The molecule has 2 rings (SSSR count). The molecule has 0 aromatic heterocycles. The van der Waals surface area contributed by atoms with Gasteiger partial charge in [0, 0.05) is 12.2 Å². The second-order valence-corrected chi connectivity index (χ2v) is 5.65. The van der Waals surface area contributed by atoms with E-state index in [9.17, 15) is 4.79 Å². The highest BCUT2D eigenvalue weighted by atomic mass is 16.2. The average Bonchev–Trinajstić information content (AvgIpc) is 2.52. The van der Waals surface area contributed by atoms with Gasteiger partial charge in [-0.15, -0.1) is 0 Å². The molecule has 0 aliphatic rings. The second kappa shape index (κ2) is 8.19. The Morgan fingerprint density at radius 1 is 1.00 bits per heavy atom. The van der Waals surface area contributed by atoms with E-state index >= 15 is 0 Å². The summed E-state index contributed by atoms with van der Waals surface area (Å²) >= 11 is 0. The third kappa shape index (κ3) is 5.00. The number of amides is 2. The molecule has 2 aromatic rings. The van der Waals surface area contributed by atoms with Crippen LogP contribution in [0.5, 0.6) is 0 Å². The summed E-state index contributed by atoms with van der Waals surface area (Å²) in [7, 11) is 4.13. The Labute approximate surface area is 137 Å². The molecule has 0 atom stereocenters. The number of anilines is 3. The number of hydrogen-bond donors (Lipinski definition) is 2. The minimum Gasteiger partial charge on any atom is -0.351 e. The van der Waals surface area contributed by atoms with Crippen LogP contribution in [0, 0.1) is 0 Å². The predicted molar refractivity (Wildman–Crippen MR) is 96.3 cm³/mol. The smallest absolute Gasteiger partial charge is 0.316 e. The van der Waals surface area contributed by atoms with E-state index in [1.54, 1.807) is 0 Å². The Morgan fingerprint density at radius 2 is 1.65 bits per heavy atom. The third-order valence-electron chi connectivity index (χ3n) is 3.51. The van der Waals surface area contributed by atoms with Crippen molar-refractivity contribution in [1.82, 2.24) is 4.90 Å². The molecule has 0 fully saturated rings. The highest BCUT2D eigenvalue weighted by Crippen LogP contribution is 2.32. The first-order valence-corrected chi connectivity index (χ1v) is 7.70. The Morgan fingerprint density at radius 3 is 2.30 bits per heavy atom. The van der Waals surface area contributed by atoms with Gasteiger partial charge >= 0.3 is 6.03 Å². The van der Waals surface area contributed by atoms with Gasteiger partial charge in [0.1, 0.15) is 0 Å². The number of carbonyl (C=O) groups excluding carboxylic acids is 1. The molecule has 2 aromatic carbocycles. The SMILES string of the molecule is CN(C)CCCN(c1ccccc1)c1ccccc1NC(N)=O. The molecule has 0 saturated heterocycles. The van der Waals surface area contributed by atoms with Gasteiger partial charge in [0.15, 0.2) is 0 Å². The zero-order chi connectivity index (χ0) is 16.7. The van der Waals surface area contributed by atoms with Crippen molar-refractivity contribution >= 4 is 23.1 Å². The second-order valence-electron chi connectivity index (χ2n) is 5.65. The molecular formula is C18H24N4O. The predicted octanol–water partition coefficient (Wildman–Crippen LogP) is 3.27. The Kier molecular flexibility index (Phi) is 6.00. The van der Waals surface area contributed by atoms with E-state index in [-0.39, 0.29) is 0 Å². The van der Waals surface area contributed by atoms with Gasteiger partial charge in [0.25, 0.3) is 0 Å². The van der Waals surface area contributed by atoms with Crippen LogP contribution in [0.15, 0.2) is 54.6 Å². The fraction of sp³-hybridized carbons (Fsp3) is 0.278. The number of nitrogens with one attached hydrogen (secondary N) is 1. The molecule has 0 bridgehead atoms. The molecule has 0 spiro atoms. The van der Waals surface area contributed by atoms with Gasteiger partial charge in [0.05, 0.1) is 11.4 Å². The largest absolute Gasteiger partial charge is 0.351 e. The molecule has 122 valence electrons. The summed E-state index contributed by atoms with van der Waals surface area (Å²) in [6.45, 7) is 1.84. The Hall–Kier alpha value is -2.53. The Bertz CT molecular complexity index is 628. The van der Waals surface area contributed by atoms with Crippen molar-refractivity contribution in [1.29, 1.82) is 0 Å². The minimum absolute atomic E-state index is 0.557. The zero-order valence-corrected chi connectivity index (χ0v) is 13.7. The highest BCUT2D eigenvalue weighted by Gasteiger charge is 2.13. The van der Waals surface area contributed by atoms with Crippen molar-refractivity contribution in [3.63, 3.8) is 0 Å². The standard InChI is InChI=1S/C18H24N4O/c1-21(2)13-8-14-22(15-9-4-3-5-10-15)17-12-7-6-11-16(17)20-18(19)23/h3-7,9-12H,8,13-14H2,1-2H3,(H3,19,20,23). The van der Waals surface area contributed by atoms with Crippen molar-refractivity contribution < 1.29 is 4.79 Å². The van der Waals surface area contributed by atoms with Gasteiger partial charge in [-0.25, -0.2) is 4.79 Å². The van der Waals surface area contributed by atoms with Crippen molar-refractivity contribution in [2.75, 3.05) is 37.4 Å². The number of nitrogens with zero attached hydrogens (tertiary/aromatic N) is 2. The first-order valence-electron chi connectivity index (χ1n) is 7.70. The number of para-hydroxylation sites is 3. The lowest BCUT2D eigenvalue weighted by atomic mass is 10.2. The molecular weight excluding hydrogens is 288 g/mol. The summed E-state index contributed by atoms with van der Waals surface area (Å²) in [5.74, 6) is 0. The molecule has 5 nitrogen and oxygen atoms in total. The lowest BCUT2D eigenvalue weighted by Gasteiger charge is -2.27. The maximum absolute atomic E-state index is 11.3. The van der Waals surface area contributed by atoms with Gasteiger partial charge in [-0.2, -0.15) is 0 Å². The minimum atomic E-state index is -0.557. The van der Waals surface area contributed by atoms with Gasteiger partial charge in [-0.3, -0.25) is 0 Å².